The Morgan fingerprint density at radius 2 is 1.77 bits per heavy atom. The average molecular weight is 299 g/mol. The Morgan fingerprint density at radius 1 is 0.955 bits per heavy atom. The quantitative estimate of drug-likeness (QED) is 0.714. The maximum Gasteiger partial charge on any atom is 0.119 e. The molecule has 0 amide bonds. The molecule has 1 N–H and O–H groups in total. The first-order chi connectivity index (χ1) is 10.8. The molecule has 3 heteroatoms. The predicted molar refractivity (Wildman–Crippen MR) is 90.6 cm³/mol. The van der Waals surface area contributed by atoms with Crippen LogP contribution in [0.25, 0.3) is 0 Å². The summed E-state index contributed by atoms with van der Waals surface area (Å²) in [5, 5.41) is 3.48. The average Bonchev–Trinajstić information content (AvgIpc) is 2.58. The van der Waals surface area contributed by atoms with Crippen LogP contribution in [0.2, 0.25) is 0 Å². The van der Waals surface area contributed by atoms with Gasteiger partial charge in [-0.3, -0.25) is 0 Å². The molecule has 0 bridgehead atoms. The van der Waals surface area contributed by atoms with E-state index in [0.717, 1.165) is 44.0 Å². The molecular weight excluding hydrogens is 274 g/mol. The molecule has 118 valence electrons. The molecule has 0 aliphatic rings. The largest absolute Gasteiger partial charge is 0.497 e. The third kappa shape index (κ3) is 5.41. The van der Waals surface area contributed by atoms with Crippen LogP contribution in [0, 0.1) is 0 Å². The first-order valence-corrected chi connectivity index (χ1v) is 7.87. The van der Waals surface area contributed by atoms with Gasteiger partial charge in [-0.25, -0.2) is 0 Å². The summed E-state index contributed by atoms with van der Waals surface area (Å²) in [4.78, 5) is 0. The molecule has 2 aromatic rings. The molecule has 0 atom stereocenters. The summed E-state index contributed by atoms with van der Waals surface area (Å²) in [5.74, 6) is 1.86. The van der Waals surface area contributed by atoms with Gasteiger partial charge in [-0.15, -0.1) is 0 Å². The molecule has 0 saturated heterocycles. The summed E-state index contributed by atoms with van der Waals surface area (Å²) in [6.45, 7) is 4.70. The van der Waals surface area contributed by atoms with Crippen LogP contribution in [0.15, 0.2) is 48.5 Å². The zero-order valence-electron chi connectivity index (χ0n) is 13.5. The fourth-order valence-electron chi connectivity index (χ4n) is 2.22. The molecule has 2 rings (SSSR count). The standard InChI is InChI=1S/C19H25NO2/c1-3-13-22-19-6-4-5-17(14-19)15-20-12-11-16-7-9-18(21-2)10-8-16/h4-10,14,20H,3,11-13,15H2,1-2H3. The highest BCUT2D eigenvalue weighted by atomic mass is 16.5. The first kappa shape index (κ1) is 16.4. The van der Waals surface area contributed by atoms with E-state index < -0.39 is 0 Å². The third-order valence-electron chi connectivity index (χ3n) is 3.45. The Labute approximate surface area is 133 Å². The normalized spacial score (nSPS) is 10.5. The number of benzene rings is 2. The van der Waals surface area contributed by atoms with Gasteiger partial charge >= 0.3 is 0 Å². The summed E-state index contributed by atoms with van der Waals surface area (Å²) in [6.07, 6.45) is 2.04. The molecule has 3 nitrogen and oxygen atoms in total. The molecule has 0 aromatic heterocycles. The SMILES string of the molecule is CCCOc1cccc(CNCCc2ccc(OC)cc2)c1. The van der Waals surface area contributed by atoms with E-state index in [9.17, 15) is 0 Å². The summed E-state index contributed by atoms with van der Waals surface area (Å²) in [6, 6.07) is 16.5. The van der Waals surface area contributed by atoms with Gasteiger partial charge in [0.05, 0.1) is 13.7 Å². The monoisotopic (exact) mass is 299 g/mol. The minimum atomic E-state index is 0.772. The number of hydrogen-bond donors (Lipinski definition) is 1. The van der Waals surface area contributed by atoms with Gasteiger partial charge in [0.25, 0.3) is 0 Å². The van der Waals surface area contributed by atoms with Crippen molar-refractivity contribution in [3.63, 3.8) is 0 Å². The van der Waals surface area contributed by atoms with Gasteiger partial charge in [0.2, 0.25) is 0 Å². The molecule has 0 aliphatic heterocycles. The number of hydrogen-bond acceptors (Lipinski definition) is 3. The van der Waals surface area contributed by atoms with Crippen LogP contribution in [-0.4, -0.2) is 20.3 Å². The van der Waals surface area contributed by atoms with Crippen molar-refractivity contribution in [2.75, 3.05) is 20.3 Å². The summed E-state index contributed by atoms with van der Waals surface area (Å²) >= 11 is 0. The van der Waals surface area contributed by atoms with Crippen molar-refractivity contribution in [2.24, 2.45) is 0 Å². The Kier molecular flexibility index (Phi) is 6.78. The maximum absolute atomic E-state index is 5.65. The van der Waals surface area contributed by atoms with Gasteiger partial charge in [0.15, 0.2) is 0 Å². The fraction of sp³-hybridized carbons (Fsp3) is 0.368. The van der Waals surface area contributed by atoms with Crippen molar-refractivity contribution in [3.8, 4) is 11.5 Å². The van der Waals surface area contributed by atoms with E-state index in [-0.39, 0.29) is 0 Å². The van der Waals surface area contributed by atoms with Crippen molar-refractivity contribution in [1.82, 2.24) is 5.32 Å². The fourth-order valence-corrected chi connectivity index (χ4v) is 2.22. The van der Waals surface area contributed by atoms with Gasteiger partial charge in [-0.05, 0) is 54.8 Å². The number of methoxy groups -OCH3 is 1. The zero-order valence-corrected chi connectivity index (χ0v) is 13.5. The number of ether oxygens (including phenoxy) is 2. The van der Waals surface area contributed by atoms with Crippen LogP contribution in [0.3, 0.4) is 0 Å². The van der Waals surface area contributed by atoms with Gasteiger partial charge in [-0.2, -0.15) is 0 Å². The minimum absolute atomic E-state index is 0.772. The van der Waals surface area contributed by atoms with E-state index in [4.69, 9.17) is 9.47 Å². The van der Waals surface area contributed by atoms with Crippen molar-refractivity contribution in [1.29, 1.82) is 0 Å². The lowest BCUT2D eigenvalue weighted by Gasteiger charge is -2.08. The van der Waals surface area contributed by atoms with E-state index in [0.29, 0.717) is 0 Å². The van der Waals surface area contributed by atoms with Crippen LogP contribution in [0.1, 0.15) is 24.5 Å². The lowest BCUT2D eigenvalue weighted by Crippen LogP contribution is -2.16. The van der Waals surface area contributed by atoms with E-state index >= 15 is 0 Å². The Hall–Kier alpha value is -2.00. The van der Waals surface area contributed by atoms with Crippen LogP contribution < -0.4 is 14.8 Å². The molecular formula is C19H25NO2. The van der Waals surface area contributed by atoms with Crippen molar-refractivity contribution >= 4 is 0 Å². The molecule has 0 aliphatic carbocycles. The summed E-state index contributed by atoms with van der Waals surface area (Å²) in [7, 11) is 1.69. The van der Waals surface area contributed by atoms with Gasteiger partial charge in [-0.1, -0.05) is 31.2 Å². The molecule has 0 spiro atoms. The van der Waals surface area contributed by atoms with Gasteiger partial charge in [0.1, 0.15) is 11.5 Å². The van der Waals surface area contributed by atoms with E-state index in [1.165, 1.54) is 11.1 Å². The first-order valence-electron chi connectivity index (χ1n) is 7.87. The second-order valence-electron chi connectivity index (χ2n) is 5.27. The maximum atomic E-state index is 5.65. The number of nitrogens with one attached hydrogen (secondary N) is 1. The highest BCUT2D eigenvalue weighted by Gasteiger charge is 1.98. The third-order valence-corrected chi connectivity index (χ3v) is 3.45. The molecule has 2 aromatic carbocycles. The van der Waals surface area contributed by atoms with Crippen LogP contribution in [0.5, 0.6) is 11.5 Å². The van der Waals surface area contributed by atoms with Crippen LogP contribution >= 0.6 is 0 Å². The molecule has 0 heterocycles. The molecule has 0 unspecified atom stereocenters. The summed E-state index contributed by atoms with van der Waals surface area (Å²) < 4.78 is 10.8. The van der Waals surface area contributed by atoms with Crippen LogP contribution in [-0.2, 0) is 13.0 Å². The smallest absolute Gasteiger partial charge is 0.119 e. The Morgan fingerprint density at radius 3 is 2.50 bits per heavy atom. The second-order valence-corrected chi connectivity index (χ2v) is 5.27. The Balaban J connectivity index is 1.73. The molecule has 0 fully saturated rings. The molecule has 22 heavy (non-hydrogen) atoms. The van der Waals surface area contributed by atoms with Crippen LogP contribution in [0.4, 0.5) is 0 Å². The number of rotatable bonds is 9. The van der Waals surface area contributed by atoms with Gasteiger partial charge in [0, 0.05) is 6.54 Å². The second kappa shape index (κ2) is 9.11. The van der Waals surface area contributed by atoms with E-state index in [1.54, 1.807) is 7.11 Å². The highest BCUT2D eigenvalue weighted by molar-refractivity contribution is 5.29. The van der Waals surface area contributed by atoms with Gasteiger partial charge < -0.3 is 14.8 Å². The van der Waals surface area contributed by atoms with Crippen molar-refractivity contribution in [2.45, 2.75) is 26.3 Å². The predicted octanol–water partition coefficient (Wildman–Crippen LogP) is 3.82. The lowest BCUT2D eigenvalue weighted by molar-refractivity contribution is 0.317. The summed E-state index contributed by atoms with van der Waals surface area (Å²) in [5.41, 5.74) is 2.57. The minimum Gasteiger partial charge on any atom is -0.497 e. The highest BCUT2D eigenvalue weighted by Crippen LogP contribution is 2.14. The van der Waals surface area contributed by atoms with E-state index in [1.807, 2.05) is 24.3 Å². The zero-order chi connectivity index (χ0) is 15.6. The lowest BCUT2D eigenvalue weighted by atomic mass is 10.1. The Bertz CT molecular complexity index is 552. The van der Waals surface area contributed by atoms with Crippen molar-refractivity contribution < 1.29 is 9.47 Å². The van der Waals surface area contributed by atoms with Crippen molar-refractivity contribution in [3.05, 3.63) is 59.7 Å². The molecule has 0 saturated carbocycles. The molecule has 0 radical (unpaired) electrons. The topological polar surface area (TPSA) is 30.5 Å². The van der Waals surface area contributed by atoms with E-state index in [2.05, 4.69) is 36.5 Å².